The van der Waals surface area contributed by atoms with E-state index in [1.165, 1.54) is 6.42 Å². The molecular weight excluding hydrogens is 306 g/mol. The largest absolute Gasteiger partial charge is 0.346 e. The zero-order valence-electron chi connectivity index (χ0n) is 14.2. The lowest BCUT2D eigenvalue weighted by Gasteiger charge is -2.17. The predicted molar refractivity (Wildman–Crippen MR) is 90.6 cm³/mol. The van der Waals surface area contributed by atoms with Crippen LogP contribution in [0, 0.1) is 0 Å². The number of benzene rings is 1. The highest BCUT2D eigenvalue weighted by Crippen LogP contribution is 2.13. The van der Waals surface area contributed by atoms with E-state index in [1.807, 2.05) is 30.3 Å². The van der Waals surface area contributed by atoms with Crippen LogP contribution in [-0.2, 0) is 16.1 Å². The van der Waals surface area contributed by atoms with Crippen LogP contribution in [0.4, 0.5) is 4.79 Å². The van der Waals surface area contributed by atoms with Crippen molar-refractivity contribution in [1.82, 2.24) is 15.3 Å². The maximum absolute atomic E-state index is 12.3. The van der Waals surface area contributed by atoms with E-state index in [4.69, 9.17) is 0 Å². The van der Waals surface area contributed by atoms with Crippen molar-refractivity contribution < 1.29 is 14.4 Å². The Bertz CT molecular complexity index is 574. The number of hydrogen-bond donors (Lipinski definition) is 1. The normalized spacial score (nSPS) is 14.4. The summed E-state index contributed by atoms with van der Waals surface area (Å²) in [7, 11) is 0. The highest BCUT2D eigenvalue weighted by Gasteiger charge is 2.36. The molecule has 0 aliphatic carbocycles. The lowest BCUT2D eigenvalue weighted by molar-refractivity contribution is -0.126. The van der Waals surface area contributed by atoms with E-state index in [9.17, 15) is 14.4 Å². The first-order valence-corrected chi connectivity index (χ1v) is 8.57. The number of urea groups is 1. The number of carbonyl (C=O) groups is 3. The number of nitrogens with zero attached hydrogens (tertiary/aromatic N) is 2. The summed E-state index contributed by atoms with van der Waals surface area (Å²) < 4.78 is 0. The lowest BCUT2D eigenvalue weighted by atomic mass is 10.1. The minimum Gasteiger partial charge on any atom is -0.273 e. The Morgan fingerprint density at radius 1 is 1.08 bits per heavy atom. The second-order valence-electron chi connectivity index (χ2n) is 6.03. The van der Waals surface area contributed by atoms with E-state index < -0.39 is 6.03 Å². The molecular formula is C18H25N3O3. The first-order valence-electron chi connectivity index (χ1n) is 8.57. The standard InChI is InChI=1S/C18H25N3O3/c1-2-3-4-5-9-12-16(22)19-21-14-17(23)20(18(21)24)13-15-10-7-6-8-11-15/h6-8,10-11H,2-5,9,12-14H2,1H3,(H,19,22). The molecule has 24 heavy (non-hydrogen) atoms. The Hall–Kier alpha value is -2.37. The molecule has 130 valence electrons. The SMILES string of the molecule is CCCCCCCC(=O)NN1CC(=O)N(Cc2ccccc2)C1=O. The van der Waals surface area contributed by atoms with Crippen molar-refractivity contribution in [1.29, 1.82) is 0 Å². The second-order valence-corrected chi connectivity index (χ2v) is 6.03. The number of imide groups is 1. The Kier molecular flexibility index (Phi) is 6.78. The average molecular weight is 331 g/mol. The molecule has 0 saturated carbocycles. The van der Waals surface area contributed by atoms with Gasteiger partial charge >= 0.3 is 6.03 Å². The Balaban J connectivity index is 1.79. The first kappa shape index (κ1) is 18.0. The van der Waals surface area contributed by atoms with Gasteiger partial charge in [0.05, 0.1) is 6.54 Å². The number of amides is 4. The molecule has 1 aliphatic heterocycles. The molecule has 0 atom stereocenters. The fourth-order valence-electron chi connectivity index (χ4n) is 2.65. The fraction of sp³-hybridized carbons (Fsp3) is 0.500. The molecule has 1 aliphatic rings. The molecule has 1 fully saturated rings. The van der Waals surface area contributed by atoms with E-state index in [0.717, 1.165) is 41.2 Å². The van der Waals surface area contributed by atoms with Crippen molar-refractivity contribution in [2.75, 3.05) is 6.54 Å². The number of carbonyl (C=O) groups excluding carboxylic acids is 3. The third-order valence-electron chi connectivity index (χ3n) is 4.01. The number of nitrogens with one attached hydrogen (secondary N) is 1. The second kappa shape index (κ2) is 9.05. The van der Waals surface area contributed by atoms with Crippen LogP contribution >= 0.6 is 0 Å². The van der Waals surface area contributed by atoms with Gasteiger partial charge < -0.3 is 0 Å². The summed E-state index contributed by atoms with van der Waals surface area (Å²) in [5.41, 5.74) is 3.43. The highest BCUT2D eigenvalue weighted by molar-refractivity contribution is 6.02. The first-order chi connectivity index (χ1) is 11.6. The third kappa shape index (κ3) is 5.08. The lowest BCUT2D eigenvalue weighted by Crippen LogP contribution is -2.44. The minimum absolute atomic E-state index is 0.104. The summed E-state index contributed by atoms with van der Waals surface area (Å²) in [6.07, 6.45) is 5.64. The zero-order valence-corrected chi connectivity index (χ0v) is 14.2. The summed E-state index contributed by atoms with van der Waals surface area (Å²) in [6, 6.07) is 8.85. The molecule has 2 rings (SSSR count). The summed E-state index contributed by atoms with van der Waals surface area (Å²) in [6.45, 7) is 2.26. The maximum Gasteiger partial charge on any atom is 0.346 e. The molecule has 0 radical (unpaired) electrons. The van der Waals surface area contributed by atoms with Crippen LogP contribution in [0.15, 0.2) is 30.3 Å². The summed E-state index contributed by atoms with van der Waals surface area (Å²) in [5.74, 6) is -0.513. The zero-order chi connectivity index (χ0) is 17.4. The van der Waals surface area contributed by atoms with Crippen LogP contribution in [-0.4, -0.2) is 34.3 Å². The van der Waals surface area contributed by atoms with Gasteiger partial charge in [0.2, 0.25) is 5.91 Å². The topological polar surface area (TPSA) is 69.7 Å². The van der Waals surface area contributed by atoms with Crippen molar-refractivity contribution in [3.63, 3.8) is 0 Å². The van der Waals surface area contributed by atoms with E-state index in [2.05, 4.69) is 12.3 Å². The Labute approximate surface area is 142 Å². The van der Waals surface area contributed by atoms with Gasteiger partial charge in [0, 0.05) is 6.42 Å². The summed E-state index contributed by atoms with van der Waals surface area (Å²) in [4.78, 5) is 37.4. The average Bonchev–Trinajstić information content (AvgIpc) is 2.83. The van der Waals surface area contributed by atoms with Crippen molar-refractivity contribution in [3.05, 3.63) is 35.9 Å². The molecule has 6 heteroatoms. The summed E-state index contributed by atoms with van der Waals surface area (Å²) in [5, 5.41) is 1.11. The van der Waals surface area contributed by atoms with Gasteiger partial charge in [-0.05, 0) is 12.0 Å². The van der Waals surface area contributed by atoms with Crippen LogP contribution in [0.2, 0.25) is 0 Å². The van der Waals surface area contributed by atoms with Gasteiger partial charge in [0.1, 0.15) is 6.54 Å². The van der Waals surface area contributed by atoms with Crippen molar-refractivity contribution >= 4 is 17.8 Å². The number of unbranched alkanes of at least 4 members (excludes halogenated alkanes) is 4. The van der Waals surface area contributed by atoms with Crippen molar-refractivity contribution in [3.8, 4) is 0 Å². The van der Waals surface area contributed by atoms with Crippen LogP contribution < -0.4 is 5.43 Å². The quantitative estimate of drug-likeness (QED) is 0.559. The van der Waals surface area contributed by atoms with Gasteiger partial charge in [-0.1, -0.05) is 62.9 Å². The molecule has 0 unspecified atom stereocenters. The van der Waals surface area contributed by atoms with Crippen LogP contribution in [0.25, 0.3) is 0 Å². The molecule has 1 N–H and O–H groups in total. The molecule has 4 amide bonds. The van der Waals surface area contributed by atoms with E-state index >= 15 is 0 Å². The summed E-state index contributed by atoms with van der Waals surface area (Å²) >= 11 is 0. The number of rotatable bonds is 9. The van der Waals surface area contributed by atoms with Gasteiger partial charge in [0.25, 0.3) is 5.91 Å². The Morgan fingerprint density at radius 2 is 1.79 bits per heavy atom. The maximum atomic E-state index is 12.3. The number of hydrazine groups is 1. The monoisotopic (exact) mass is 331 g/mol. The van der Waals surface area contributed by atoms with Crippen molar-refractivity contribution in [2.45, 2.75) is 52.0 Å². The molecule has 1 saturated heterocycles. The predicted octanol–water partition coefficient (Wildman–Crippen LogP) is 2.84. The molecule has 0 spiro atoms. The molecule has 1 heterocycles. The van der Waals surface area contributed by atoms with Gasteiger partial charge in [0.15, 0.2) is 0 Å². The van der Waals surface area contributed by atoms with E-state index in [-0.39, 0.29) is 24.9 Å². The molecule has 6 nitrogen and oxygen atoms in total. The van der Waals surface area contributed by atoms with Gasteiger partial charge in [-0.15, -0.1) is 0 Å². The van der Waals surface area contributed by atoms with Gasteiger partial charge in [-0.25, -0.2) is 9.80 Å². The number of hydrogen-bond acceptors (Lipinski definition) is 3. The molecule has 1 aromatic carbocycles. The van der Waals surface area contributed by atoms with Crippen LogP contribution in [0.1, 0.15) is 51.0 Å². The van der Waals surface area contributed by atoms with Gasteiger partial charge in [-0.2, -0.15) is 0 Å². The molecule has 0 bridgehead atoms. The van der Waals surface area contributed by atoms with Gasteiger partial charge in [-0.3, -0.25) is 19.9 Å². The highest BCUT2D eigenvalue weighted by atomic mass is 16.2. The fourth-order valence-corrected chi connectivity index (χ4v) is 2.65. The van der Waals surface area contributed by atoms with E-state index in [0.29, 0.717) is 6.42 Å². The molecule has 0 aromatic heterocycles. The smallest absolute Gasteiger partial charge is 0.273 e. The van der Waals surface area contributed by atoms with Crippen LogP contribution in [0.3, 0.4) is 0 Å². The van der Waals surface area contributed by atoms with E-state index in [1.54, 1.807) is 0 Å². The minimum atomic E-state index is -0.469. The molecule has 1 aromatic rings. The van der Waals surface area contributed by atoms with Crippen molar-refractivity contribution in [2.24, 2.45) is 0 Å². The Morgan fingerprint density at radius 3 is 2.50 bits per heavy atom. The van der Waals surface area contributed by atoms with Crippen LogP contribution in [0.5, 0.6) is 0 Å². The third-order valence-corrected chi connectivity index (χ3v) is 4.01.